The lowest BCUT2D eigenvalue weighted by Gasteiger charge is -2.29. The van der Waals surface area contributed by atoms with Crippen LogP contribution >= 0.6 is 0 Å². The molecule has 2 rings (SSSR count). The first kappa shape index (κ1) is 13.4. The molecular formula is C14H18N2O3. The second-order valence-corrected chi connectivity index (χ2v) is 4.65. The van der Waals surface area contributed by atoms with Crippen LogP contribution in [0.25, 0.3) is 0 Å². The summed E-state index contributed by atoms with van der Waals surface area (Å²) in [6.07, 6.45) is 1.50. The van der Waals surface area contributed by atoms with Gasteiger partial charge in [-0.2, -0.15) is 0 Å². The SMILES string of the molecule is CCCNC(=O)N1CCc2c(cccc2C(=O)O)C1. The van der Waals surface area contributed by atoms with Crippen molar-refractivity contribution in [2.24, 2.45) is 0 Å². The molecule has 1 aliphatic rings. The Morgan fingerprint density at radius 2 is 2.21 bits per heavy atom. The van der Waals surface area contributed by atoms with Crippen molar-refractivity contribution in [3.63, 3.8) is 0 Å². The number of benzene rings is 1. The van der Waals surface area contributed by atoms with E-state index in [9.17, 15) is 9.59 Å². The minimum absolute atomic E-state index is 0.0757. The van der Waals surface area contributed by atoms with Gasteiger partial charge in [0.1, 0.15) is 0 Å². The number of hydrogen-bond acceptors (Lipinski definition) is 2. The molecule has 1 aromatic rings. The van der Waals surface area contributed by atoms with Gasteiger partial charge in [-0.05, 0) is 30.0 Å². The number of aromatic carboxylic acids is 1. The summed E-state index contributed by atoms with van der Waals surface area (Å²) >= 11 is 0. The fourth-order valence-electron chi connectivity index (χ4n) is 2.33. The van der Waals surface area contributed by atoms with Gasteiger partial charge in [0.25, 0.3) is 0 Å². The van der Waals surface area contributed by atoms with E-state index >= 15 is 0 Å². The van der Waals surface area contributed by atoms with E-state index in [4.69, 9.17) is 5.11 Å². The van der Waals surface area contributed by atoms with Crippen LogP contribution in [0.4, 0.5) is 4.79 Å². The third-order valence-corrected chi connectivity index (χ3v) is 3.31. The fraction of sp³-hybridized carbons (Fsp3) is 0.429. The molecule has 0 unspecified atom stereocenters. The first-order chi connectivity index (χ1) is 9.13. The van der Waals surface area contributed by atoms with Crippen molar-refractivity contribution in [1.29, 1.82) is 0 Å². The van der Waals surface area contributed by atoms with Crippen LogP contribution < -0.4 is 5.32 Å². The first-order valence-electron chi connectivity index (χ1n) is 6.50. The van der Waals surface area contributed by atoms with Crippen molar-refractivity contribution in [3.8, 4) is 0 Å². The molecule has 5 nitrogen and oxygen atoms in total. The highest BCUT2D eigenvalue weighted by atomic mass is 16.4. The molecule has 2 amide bonds. The zero-order valence-electron chi connectivity index (χ0n) is 11.0. The standard InChI is InChI=1S/C14H18N2O3/c1-2-7-15-14(19)16-8-6-11-10(9-16)4-3-5-12(11)13(17)18/h3-5H,2,6-9H2,1H3,(H,15,19)(H,17,18). The van der Waals surface area contributed by atoms with Gasteiger partial charge in [0.05, 0.1) is 5.56 Å². The number of nitrogens with zero attached hydrogens (tertiary/aromatic N) is 1. The van der Waals surface area contributed by atoms with Crippen LogP contribution in [0.3, 0.4) is 0 Å². The van der Waals surface area contributed by atoms with Crippen LogP contribution in [-0.2, 0) is 13.0 Å². The van der Waals surface area contributed by atoms with Crippen LogP contribution in [0.1, 0.15) is 34.8 Å². The summed E-state index contributed by atoms with van der Waals surface area (Å²) in [6.45, 7) is 3.71. The van der Waals surface area contributed by atoms with E-state index in [1.807, 2.05) is 13.0 Å². The lowest BCUT2D eigenvalue weighted by Crippen LogP contribution is -2.43. The molecule has 0 saturated heterocycles. The van der Waals surface area contributed by atoms with Gasteiger partial charge in [-0.3, -0.25) is 0 Å². The Kier molecular flexibility index (Phi) is 4.04. The third kappa shape index (κ3) is 2.86. The Morgan fingerprint density at radius 1 is 1.42 bits per heavy atom. The number of amides is 2. The van der Waals surface area contributed by atoms with E-state index in [0.29, 0.717) is 31.6 Å². The maximum atomic E-state index is 11.9. The van der Waals surface area contributed by atoms with Gasteiger partial charge >= 0.3 is 12.0 Å². The summed E-state index contributed by atoms with van der Waals surface area (Å²) in [6, 6.07) is 5.17. The molecule has 0 fully saturated rings. The number of nitrogens with one attached hydrogen (secondary N) is 1. The maximum absolute atomic E-state index is 11.9. The van der Waals surface area contributed by atoms with Crippen molar-refractivity contribution in [2.45, 2.75) is 26.3 Å². The minimum Gasteiger partial charge on any atom is -0.478 e. The van der Waals surface area contributed by atoms with Gasteiger partial charge in [-0.15, -0.1) is 0 Å². The first-order valence-corrected chi connectivity index (χ1v) is 6.50. The average molecular weight is 262 g/mol. The van der Waals surface area contributed by atoms with E-state index in [0.717, 1.165) is 17.5 Å². The summed E-state index contributed by atoms with van der Waals surface area (Å²) in [5, 5.41) is 12.0. The number of carboxylic acid groups (broad SMARTS) is 1. The van der Waals surface area contributed by atoms with Crippen LogP contribution in [-0.4, -0.2) is 35.1 Å². The molecular weight excluding hydrogens is 244 g/mol. The zero-order chi connectivity index (χ0) is 13.8. The number of hydrogen-bond donors (Lipinski definition) is 2. The molecule has 0 spiro atoms. The van der Waals surface area contributed by atoms with Crippen LogP contribution in [0, 0.1) is 0 Å². The quantitative estimate of drug-likeness (QED) is 0.873. The van der Waals surface area contributed by atoms with Gasteiger partial charge < -0.3 is 15.3 Å². The Hall–Kier alpha value is -2.04. The van der Waals surface area contributed by atoms with Crippen LogP contribution in [0.2, 0.25) is 0 Å². The summed E-state index contributed by atoms with van der Waals surface area (Å²) in [7, 11) is 0. The number of fused-ring (bicyclic) bond motifs is 1. The third-order valence-electron chi connectivity index (χ3n) is 3.31. The lowest BCUT2D eigenvalue weighted by atomic mass is 9.95. The summed E-state index contributed by atoms with van der Waals surface area (Å²) in [5.41, 5.74) is 2.14. The Morgan fingerprint density at radius 3 is 2.89 bits per heavy atom. The highest BCUT2D eigenvalue weighted by Gasteiger charge is 2.23. The molecule has 0 saturated carbocycles. The predicted molar refractivity (Wildman–Crippen MR) is 71.2 cm³/mol. The number of carbonyl (C=O) groups excluding carboxylic acids is 1. The summed E-state index contributed by atoms with van der Waals surface area (Å²) < 4.78 is 0. The zero-order valence-corrected chi connectivity index (χ0v) is 11.0. The van der Waals surface area contributed by atoms with Crippen LogP contribution in [0.5, 0.6) is 0 Å². The molecule has 1 aromatic carbocycles. The largest absolute Gasteiger partial charge is 0.478 e. The van der Waals surface area contributed by atoms with Gasteiger partial charge in [-0.1, -0.05) is 19.1 Å². The fourth-order valence-corrected chi connectivity index (χ4v) is 2.33. The highest BCUT2D eigenvalue weighted by molar-refractivity contribution is 5.90. The molecule has 1 aliphatic heterocycles. The number of rotatable bonds is 3. The average Bonchev–Trinajstić information content (AvgIpc) is 2.43. The molecule has 5 heteroatoms. The van der Waals surface area contributed by atoms with Gasteiger partial charge in [0.15, 0.2) is 0 Å². The minimum atomic E-state index is -0.902. The topological polar surface area (TPSA) is 69.6 Å². The smallest absolute Gasteiger partial charge is 0.335 e. The van der Waals surface area contributed by atoms with E-state index in [1.54, 1.807) is 17.0 Å². The normalized spacial score (nSPS) is 13.8. The molecule has 0 radical (unpaired) electrons. The summed E-state index contributed by atoms with van der Waals surface area (Å²) in [4.78, 5) is 24.7. The number of urea groups is 1. The molecule has 0 atom stereocenters. The molecule has 0 bridgehead atoms. The van der Waals surface area contributed by atoms with Gasteiger partial charge in [0.2, 0.25) is 0 Å². The van der Waals surface area contributed by atoms with Gasteiger partial charge in [-0.25, -0.2) is 9.59 Å². The lowest BCUT2D eigenvalue weighted by molar-refractivity contribution is 0.0695. The second-order valence-electron chi connectivity index (χ2n) is 4.65. The van der Waals surface area contributed by atoms with E-state index in [1.165, 1.54) is 0 Å². The molecule has 2 N–H and O–H groups in total. The van der Waals surface area contributed by atoms with Crippen molar-refractivity contribution in [1.82, 2.24) is 10.2 Å². The van der Waals surface area contributed by atoms with Crippen molar-refractivity contribution in [2.75, 3.05) is 13.1 Å². The van der Waals surface area contributed by atoms with Gasteiger partial charge in [0, 0.05) is 19.6 Å². The maximum Gasteiger partial charge on any atom is 0.335 e. The van der Waals surface area contributed by atoms with E-state index in [-0.39, 0.29) is 6.03 Å². The Balaban J connectivity index is 2.14. The molecule has 0 aromatic heterocycles. The van der Waals surface area contributed by atoms with Crippen molar-refractivity contribution in [3.05, 3.63) is 34.9 Å². The predicted octanol–water partition coefficient (Wildman–Crippen LogP) is 1.86. The molecule has 1 heterocycles. The molecule has 0 aliphatic carbocycles. The van der Waals surface area contributed by atoms with Crippen molar-refractivity contribution < 1.29 is 14.7 Å². The monoisotopic (exact) mass is 262 g/mol. The van der Waals surface area contributed by atoms with Crippen molar-refractivity contribution >= 4 is 12.0 Å². The Labute approximate surface area is 112 Å². The second kappa shape index (κ2) is 5.73. The number of carboxylic acids is 1. The molecule has 19 heavy (non-hydrogen) atoms. The molecule has 102 valence electrons. The summed E-state index contributed by atoms with van der Waals surface area (Å²) in [5.74, 6) is -0.902. The van der Waals surface area contributed by atoms with E-state index < -0.39 is 5.97 Å². The number of carbonyl (C=O) groups is 2. The van der Waals surface area contributed by atoms with E-state index in [2.05, 4.69) is 5.32 Å². The Bertz CT molecular complexity index is 499. The van der Waals surface area contributed by atoms with Crippen LogP contribution in [0.15, 0.2) is 18.2 Å². The highest BCUT2D eigenvalue weighted by Crippen LogP contribution is 2.22.